The Balaban J connectivity index is 3.52. The summed E-state index contributed by atoms with van der Waals surface area (Å²) in [7, 11) is 0. The molecule has 0 atom stereocenters. The van der Waals surface area contributed by atoms with Crippen LogP contribution in [-0.2, 0) is 12.1 Å². The lowest BCUT2D eigenvalue weighted by Crippen LogP contribution is -2.18. The van der Waals surface area contributed by atoms with Gasteiger partial charge in [0.25, 0.3) is 0 Å². The molecule has 0 amide bonds. The Hall–Kier alpha value is -1.64. The van der Waals surface area contributed by atoms with Crippen molar-refractivity contribution >= 4 is 0 Å². The normalized spacial score (nSPS) is 11.3. The van der Waals surface area contributed by atoms with Crippen LogP contribution in [0.25, 0.3) is 0 Å². The van der Waals surface area contributed by atoms with Gasteiger partial charge in [-0.3, -0.25) is 0 Å². The van der Waals surface area contributed by atoms with E-state index in [1.54, 1.807) is 0 Å². The first-order valence-corrected chi connectivity index (χ1v) is 4.38. The molecular weight excluding hydrogens is 224 g/mol. The van der Waals surface area contributed by atoms with Crippen molar-refractivity contribution in [2.75, 3.05) is 0 Å². The molecular formula is C10H8F4N2. The Kier molecular flexibility index (Phi) is 3.17. The molecule has 1 aromatic heterocycles. The Morgan fingerprint density at radius 3 is 2.25 bits per heavy atom. The molecule has 1 aromatic rings. The third kappa shape index (κ3) is 2.13. The number of nitriles is 1. The molecule has 0 aromatic carbocycles. The minimum atomic E-state index is -2.25. The van der Waals surface area contributed by atoms with Crippen LogP contribution in [0.3, 0.4) is 0 Å². The van der Waals surface area contributed by atoms with Gasteiger partial charge >= 0.3 is 0 Å². The average molecular weight is 232 g/mol. The fraction of sp³-hybridized carbons (Fsp3) is 0.400. The van der Waals surface area contributed by atoms with Crippen LogP contribution >= 0.6 is 0 Å². The minimum absolute atomic E-state index is 0.680. The van der Waals surface area contributed by atoms with Gasteiger partial charge in [0.1, 0.15) is 11.4 Å². The lowest BCUT2D eigenvalue weighted by molar-refractivity contribution is 0.201. The van der Waals surface area contributed by atoms with Crippen LogP contribution in [-0.4, -0.2) is 4.98 Å². The molecule has 0 saturated heterocycles. The largest absolute Gasteiger partial charge is 0.249 e. The fourth-order valence-electron chi connectivity index (χ4n) is 1.19. The standard InChI is InChI=1S/C10H8F4N2/c1-10(2,14)8-6(11)5(3-4-15)7(12)9(13)16-8/h3H2,1-2H3. The van der Waals surface area contributed by atoms with Crippen molar-refractivity contribution < 1.29 is 17.6 Å². The van der Waals surface area contributed by atoms with E-state index in [1.807, 2.05) is 0 Å². The summed E-state index contributed by atoms with van der Waals surface area (Å²) in [6.45, 7) is 1.93. The van der Waals surface area contributed by atoms with Crippen LogP contribution in [0, 0.1) is 28.9 Å². The van der Waals surface area contributed by atoms with Crippen molar-refractivity contribution in [3.63, 3.8) is 0 Å². The van der Waals surface area contributed by atoms with E-state index in [2.05, 4.69) is 4.98 Å². The molecule has 1 rings (SSSR count). The maximum atomic E-state index is 13.5. The maximum absolute atomic E-state index is 13.5. The van der Waals surface area contributed by atoms with Crippen molar-refractivity contribution in [2.45, 2.75) is 25.9 Å². The molecule has 0 aliphatic carbocycles. The average Bonchev–Trinajstić information content (AvgIpc) is 2.16. The van der Waals surface area contributed by atoms with Crippen LogP contribution in [0.4, 0.5) is 17.6 Å². The third-order valence-corrected chi connectivity index (χ3v) is 1.95. The molecule has 16 heavy (non-hydrogen) atoms. The van der Waals surface area contributed by atoms with E-state index in [1.165, 1.54) is 6.07 Å². The summed E-state index contributed by atoms with van der Waals surface area (Å²) >= 11 is 0. The van der Waals surface area contributed by atoms with E-state index in [4.69, 9.17) is 5.26 Å². The van der Waals surface area contributed by atoms with Gasteiger partial charge in [-0.2, -0.15) is 9.65 Å². The molecule has 6 heteroatoms. The second kappa shape index (κ2) is 4.08. The summed E-state index contributed by atoms with van der Waals surface area (Å²) in [5.74, 6) is -4.47. The summed E-state index contributed by atoms with van der Waals surface area (Å²) in [6.07, 6.45) is -0.680. The van der Waals surface area contributed by atoms with E-state index in [9.17, 15) is 17.6 Å². The zero-order valence-corrected chi connectivity index (χ0v) is 8.61. The smallest absolute Gasteiger partial charge is 0.237 e. The number of hydrogen-bond acceptors (Lipinski definition) is 2. The molecule has 86 valence electrons. The van der Waals surface area contributed by atoms with Crippen molar-refractivity contribution in [1.82, 2.24) is 4.98 Å². The first-order valence-electron chi connectivity index (χ1n) is 4.38. The number of pyridine rings is 1. The van der Waals surface area contributed by atoms with Gasteiger partial charge in [-0.05, 0) is 13.8 Å². The molecule has 0 spiro atoms. The Labute approximate surface area is 89.5 Å². The van der Waals surface area contributed by atoms with E-state index < -0.39 is 40.9 Å². The number of alkyl halides is 1. The lowest BCUT2D eigenvalue weighted by atomic mass is 10.0. The molecule has 2 nitrogen and oxygen atoms in total. The van der Waals surface area contributed by atoms with Crippen molar-refractivity contribution in [1.29, 1.82) is 5.26 Å². The second-order valence-electron chi connectivity index (χ2n) is 3.67. The summed E-state index contributed by atoms with van der Waals surface area (Å²) in [6, 6.07) is 1.47. The zero-order valence-electron chi connectivity index (χ0n) is 8.61. The number of rotatable bonds is 2. The van der Waals surface area contributed by atoms with Crippen molar-refractivity contribution in [3.8, 4) is 6.07 Å². The minimum Gasteiger partial charge on any atom is -0.237 e. The quantitative estimate of drug-likeness (QED) is 0.580. The van der Waals surface area contributed by atoms with Gasteiger partial charge in [-0.15, -0.1) is 0 Å². The molecule has 0 aliphatic rings. The van der Waals surface area contributed by atoms with Gasteiger partial charge in [0.05, 0.1) is 12.5 Å². The predicted octanol–water partition coefficient (Wildman–Crippen LogP) is 2.77. The van der Waals surface area contributed by atoms with Crippen LogP contribution in [0.2, 0.25) is 0 Å². The summed E-state index contributed by atoms with van der Waals surface area (Å²) in [4.78, 5) is 2.89. The summed E-state index contributed by atoms with van der Waals surface area (Å²) in [5.41, 5.74) is -3.88. The van der Waals surface area contributed by atoms with Crippen LogP contribution in [0.15, 0.2) is 0 Å². The summed E-state index contributed by atoms with van der Waals surface area (Å²) < 4.78 is 53.0. The van der Waals surface area contributed by atoms with Gasteiger partial charge < -0.3 is 0 Å². The molecule has 0 unspecified atom stereocenters. The lowest BCUT2D eigenvalue weighted by Gasteiger charge is -2.16. The van der Waals surface area contributed by atoms with E-state index in [0.717, 1.165) is 13.8 Å². The van der Waals surface area contributed by atoms with Crippen LogP contribution < -0.4 is 0 Å². The molecule has 0 fully saturated rings. The number of halogens is 4. The SMILES string of the molecule is CC(C)(F)c1nc(F)c(F)c(CC#N)c1F. The second-order valence-corrected chi connectivity index (χ2v) is 3.67. The highest BCUT2D eigenvalue weighted by molar-refractivity contribution is 5.27. The summed E-state index contributed by atoms with van der Waals surface area (Å²) in [5, 5.41) is 8.33. The maximum Gasteiger partial charge on any atom is 0.249 e. The highest BCUT2D eigenvalue weighted by Crippen LogP contribution is 2.28. The third-order valence-electron chi connectivity index (χ3n) is 1.95. The first-order chi connectivity index (χ1) is 7.29. The monoisotopic (exact) mass is 232 g/mol. The van der Waals surface area contributed by atoms with Crippen molar-refractivity contribution in [3.05, 3.63) is 28.8 Å². The number of aromatic nitrogens is 1. The molecule has 0 bridgehead atoms. The number of nitrogens with zero attached hydrogens (tertiary/aromatic N) is 2. The van der Waals surface area contributed by atoms with E-state index >= 15 is 0 Å². The van der Waals surface area contributed by atoms with Crippen LogP contribution in [0.1, 0.15) is 25.1 Å². The first kappa shape index (κ1) is 12.4. The van der Waals surface area contributed by atoms with Gasteiger partial charge in [0.15, 0.2) is 11.6 Å². The van der Waals surface area contributed by atoms with Crippen molar-refractivity contribution in [2.24, 2.45) is 0 Å². The van der Waals surface area contributed by atoms with E-state index in [-0.39, 0.29) is 0 Å². The van der Waals surface area contributed by atoms with Gasteiger partial charge in [-0.1, -0.05) is 0 Å². The molecule has 0 saturated carbocycles. The zero-order chi connectivity index (χ0) is 12.5. The predicted molar refractivity (Wildman–Crippen MR) is 47.6 cm³/mol. The van der Waals surface area contributed by atoms with Gasteiger partial charge in [0, 0.05) is 5.56 Å². The highest BCUT2D eigenvalue weighted by Gasteiger charge is 2.30. The molecule has 0 N–H and O–H groups in total. The van der Waals surface area contributed by atoms with E-state index in [0.29, 0.717) is 0 Å². The highest BCUT2D eigenvalue weighted by atomic mass is 19.2. The fourth-order valence-corrected chi connectivity index (χ4v) is 1.19. The topological polar surface area (TPSA) is 36.7 Å². The van der Waals surface area contributed by atoms with Gasteiger partial charge in [-0.25, -0.2) is 18.2 Å². The molecule has 0 aliphatic heterocycles. The number of hydrogen-bond donors (Lipinski definition) is 0. The Morgan fingerprint density at radius 1 is 1.25 bits per heavy atom. The van der Waals surface area contributed by atoms with Crippen LogP contribution in [0.5, 0.6) is 0 Å². The Bertz CT molecular complexity index is 457. The molecule has 0 radical (unpaired) electrons. The Morgan fingerprint density at radius 2 is 1.81 bits per heavy atom. The molecule has 1 heterocycles. The van der Waals surface area contributed by atoms with Gasteiger partial charge in [0.2, 0.25) is 5.95 Å².